The summed E-state index contributed by atoms with van der Waals surface area (Å²) in [7, 11) is 4.05. The number of nitrogen functional groups attached to an aromatic ring is 1. The third-order valence-corrected chi connectivity index (χ3v) is 3.04. The van der Waals surface area contributed by atoms with Crippen molar-refractivity contribution in [3.8, 4) is 11.1 Å². The second-order valence-corrected chi connectivity index (χ2v) is 4.58. The zero-order valence-electron chi connectivity index (χ0n) is 9.94. The minimum atomic E-state index is 0.596. The number of rotatable bonds is 2. The molecule has 0 saturated heterocycles. The van der Waals surface area contributed by atoms with Crippen LogP contribution in [-0.4, -0.2) is 14.1 Å². The SMILES string of the molecule is CN(C)c1ccc(-c2ccc(N)c(Cl)c2)cc1. The molecular formula is C14H15ClN2. The van der Waals surface area contributed by atoms with Gasteiger partial charge in [-0.3, -0.25) is 0 Å². The fourth-order valence-corrected chi connectivity index (χ4v) is 1.84. The van der Waals surface area contributed by atoms with Gasteiger partial charge in [0.05, 0.1) is 10.7 Å². The zero-order chi connectivity index (χ0) is 12.4. The van der Waals surface area contributed by atoms with Gasteiger partial charge in [0.25, 0.3) is 0 Å². The van der Waals surface area contributed by atoms with Gasteiger partial charge in [0, 0.05) is 19.8 Å². The molecule has 0 aliphatic carbocycles. The van der Waals surface area contributed by atoms with Gasteiger partial charge in [-0.1, -0.05) is 29.8 Å². The Morgan fingerprint density at radius 3 is 2.06 bits per heavy atom. The molecule has 17 heavy (non-hydrogen) atoms. The van der Waals surface area contributed by atoms with Crippen molar-refractivity contribution >= 4 is 23.0 Å². The van der Waals surface area contributed by atoms with Crippen molar-refractivity contribution in [3.05, 3.63) is 47.5 Å². The lowest BCUT2D eigenvalue weighted by Crippen LogP contribution is -2.07. The summed E-state index contributed by atoms with van der Waals surface area (Å²) in [6, 6.07) is 14.0. The molecule has 0 saturated carbocycles. The monoisotopic (exact) mass is 246 g/mol. The Balaban J connectivity index is 2.36. The molecular weight excluding hydrogens is 232 g/mol. The predicted octanol–water partition coefficient (Wildman–Crippen LogP) is 3.66. The van der Waals surface area contributed by atoms with Gasteiger partial charge in [-0.25, -0.2) is 0 Å². The molecule has 0 aromatic heterocycles. The molecule has 2 nitrogen and oxygen atoms in total. The van der Waals surface area contributed by atoms with E-state index >= 15 is 0 Å². The fraction of sp³-hybridized carbons (Fsp3) is 0.143. The van der Waals surface area contributed by atoms with Crippen LogP contribution in [0.2, 0.25) is 5.02 Å². The maximum Gasteiger partial charge on any atom is 0.0641 e. The van der Waals surface area contributed by atoms with E-state index in [4.69, 9.17) is 17.3 Å². The minimum Gasteiger partial charge on any atom is -0.398 e. The molecule has 0 bridgehead atoms. The molecule has 2 rings (SSSR count). The van der Waals surface area contributed by atoms with Crippen LogP contribution < -0.4 is 10.6 Å². The topological polar surface area (TPSA) is 29.3 Å². The van der Waals surface area contributed by atoms with Crippen molar-refractivity contribution in [3.63, 3.8) is 0 Å². The molecule has 0 fully saturated rings. The molecule has 0 atom stereocenters. The lowest BCUT2D eigenvalue weighted by Gasteiger charge is -2.13. The number of nitrogens with two attached hydrogens (primary N) is 1. The van der Waals surface area contributed by atoms with Crippen LogP contribution in [-0.2, 0) is 0 Å². The highest BCUT2D eigenvalue weighted by Crippen LogP contribution is 2.28. The Kier molecular flexibility index (Phi) is 3.25. The van der Waals surface area contributed by atoms with Gasteiger partial charge in [0.1, 0.15) is 0 Å². The van der Waals surface area contributed by atoms with Gasteiger partial charge in [0.15, 0.2) is 0 Å². The van der Waals surface area contributed by atoms with E-state index in [9.17, 15) is 0 Å². The summed E-state index contributed by atoms with van der Waals surface area (Å²) in [6.45, 7) is 0. The van der Waals surface area contributed by atoms with E-state index in [1.54, 1.807) is 0 Å². The van der Waals surface area contributed by atoms with Gasteiger partial charge in [-0.05, 0) is 35.4 Å². The first kappa shape index (κ1) is 11.8. The lowest BCUT2D eigenvalue weighted by atomic mass is 10.0. The molecule has 0 unspecified atom stereocenters. The molecule has 88 valence electrons. The predicted molar refractivity (Wildman–Crippen MR) is 75.6 cm³/mol. The molecule has 0 amide bonds. The molecule has 0 aliphatic rings. The lowest BCUT2D eigenvalue weighted by molar-refractivity contribution is 1.13. The Labute approximate surface area is 107 Å². The van der Waals surface area contributed by atoms with Crippen LogP contribution in [0.1, 0.15) is 0 Å². The summed E-state index contributed by atoms with van der Waals surface area (Å²) in [5, 5.41) is 0.596. The first-order valence-corrected chi connectivity index (χ1v) is 5.78. The Bertz CT molecular complexity index is 518. The second kappa shape index (κ2) is 4.68. The summed E-state index contributed by atoms with van der Waals surface area (Å²) in [6.07, 6.45) is 0. The fourth-order valence-electron chi connectivity index (χ4n) is 1.66. The van der Waals surface area contributed by atoms with Gasteiger partial charge < -0.3 is 10.6 Å². The Hall–Kier alpha value is -1.67. The molecule has 0 spiro atoms. The van der Waals surface area contributed by atoms with E-state index in [0.29, 0.717) is 10.7 Å². The van der Waals surface area contributed by atoms with E-state index in [0.717, 1.165) is 11.1 Å². The van der Waals surface area contributed by atoms with Gasteiger partial charge in [-0.2, -0.15) is 0 Å². The highest BCUT2D eigenvalue weighted by atomic mass is 35.5. The second-order valence-electron chi connectivity index (χ2n) is 4.18. The van der Waals surface area contributed by atoms with Crippen LogP contribution in [0.4, 0.5) is 11.4 Å². The van der Waals surface area contributed by atoms with Crippen molar-refractivity contribution in [2.24, 2.45) is 0 Å². The molecule has 2 aromatic carbocycles. The van der Waals surface area contributed by atoms with Gasteiger partial charge >= 0.3 is 0 Å². The Morgan fingerprint density at radius 2 is 1.53 bits per heavy atom. The number of halogens is 1. The number of anilines is 2. The molecule has 2 N–H and O–H groups in total. The standard InChI is InChI=1S/C14H15ClN2/c1-17(2)12-6-3-10(4-7-12)11-5-8-14(16)13(15)9-11/h3-9H,16H2,1-2H3. The third kappa shape index (κ3) is 2.53. The molecule has 0 heterocycles. The summed E-state index contributed by atoms with van der Waals surface area (Å²) in [4.78, 5) is 2.07. The first-order chi connectivity index (χ1) is 8.08. The molecule has 0 radical (unpaired) electrons. The summed E-state index contributed by atoms with van der Waals surface area (Å²) in [5.74, 6) is 0. The highest BCUT2D eigenvalue weighted by molar-refractivity contribution is 6.33. The van der Waals surface area contributed by atoms with Crippen molar-refractivity contribution < 1.29 is 0 Å². The van der Waals surface area contributed by atoms with Crippen molar-refractivity contribution in [2.75, 3.05) is 24.7 Å². The number of hydrogen-bond donors (Lipinski definition) is 1. The van der Waals surface area contributed by atoms with Crippen LogP contribution in [0, 0.1) is 0 Å². The van der Waals surface area contributed by atoms with Crippen molar-refractivity contribution in [2.45, 2.75) is 0 Å². The van der Waals surface area contributed by atoms with Crippen LogP contribution in [0.3, 0.4) is 0 Å². The van der Waals surface area contributed by atoms with Crippen molar-refractivity contribution in [1.82, 2.24) is 0 Å². The number of hydrogen-bond acceptors (Lipinski definition) is 2. The largest absolute Gasteiger partial charge is 0.398 e. The van der Waals surface area contributed by atoms with Crippen LogP contribution in [0.25, 0.3) is 11.1 Å². The number of nitrogens with zero attached hydrogens (tertiary/aromatic N) is 1. The molecule has 0 aliphatic heterocycles. The van der Waals surface area contributed by atoms with Gasteiger partial charge in [0.2, 0.25) is 0 Å². The number of benzene rings is 2. The van der Waals surface area contributed by atoms with Crippen LogP contribution in [0.5, 0.6) is 0 Å². The van der Waals surface area contributed by atoms with E-state index in [1.165, 1.54) is 5.69 Å². The average Bonchev–Trinajstić information content (AvgIpc) is 2.33. The van der Waals surface area contributed by atoms with E-state index < -0.39 is 0 Å². The third-order valence-electron chi connectivity index (χ3n) is 2.72. The summed E-state index contributed by atoms with van der Waals surface area (Å²) < 4.78 is 0. The summed E-state index contributed by atoms with van der Waals surface area (Å²) in [5.41, 5.74) is 9.69. The van der Waals surface area contributed by atoms with E-state index in [2.05, 4.69) is 29.2 Å². The van der Waals surface area contributed by atoms with E-state index in [-0.39, 0.29) is 0 Å². The van der Waals surface area contributed by atoms with Crippen LogP contribution >= 0.6 is 11.6 Å². The quantitative estimate of drug-likeness (QED) is 0.820. The normalized spacial score (nSPS) is 10.3. The summed E-state index contributed by atoms with van der Waals surface area (Å²) >= 11 is 6.01. The van der Waals surface area contributed by atoms with Crippen LogP contribution in [0.15, 0.2) is 42.5 Å². The average molecular weight is 247 g/mol. The molecule has 3 heteroatoms. The van der Waals surface area contributed by atoms with Crippen molar-refractivity contribution in [1.29, 1.82) is 0 Å². The maximum absolute atomic E-state index is 6.01. The smallest absolute Gasteiger partial charge is 0.0641 e. The van der Waals surface area contributed by atoms with E-state index in [1.807, 2.05) is 32.3 Å². The maximum atomic E-state index is 6.01. The Morgan fingerprint density at radius 1 is 0.941 bits per heavy atom. The zero-order valence-corrected chi connectivity index (χ0v) is 10.7. The minimum absolute atomic E-state index is 0.596. The first-order valence-electron chi connectivity index (χ1n) is 5.41. The van der Waals surface area contributed by atoms with Gasteiger partial charge in [-0.15, -0.1) is 0 Å². The molecule has 2 aromatic rings. The highest BCUT2D eigenvalue weighted by Gasteiger charge is 2.02.